The van der Waals surface area contributed by atoms with E-state index < -0.39 is 16.0 Å². The van der Waals surface area contributed by atoms with Gasteiger partial charge in [-0.2, -0.15) is 0 Å². The summed E-state index contributed by atoms with van der Waals surface area (Å²) >= 11 is 0. The summed E-state index contributed by atoms with van der Waals surface area (Å²) in [6.45, 7) is 0.380. The Bertz CT molecular complexity index is 879. The van der Waals surface area contributed by atoms with E-state index in [4.69, 9.17) is 5.11 Å². The highest BCUT2D eigenvalue weighted by Crippen LogP contribution is 2.30. The normalized spacial score (nSPS) is 11.6. The lowest BCUT2D eigenvalue weighted by Crippen LogP contribution is -2.25. The molecule has 0 radical (unpaired) electrons. The molecular weight excluding hydrogens is 364 g/mol. The number of hydrogen-bond acceptors (Lipinski definition) is 4. The summed E-state index contributed by atoms with van der Waals surface area (Å²) in [6.07, 6.45) is 4.25. The van der Waals surface area contributed by atoms with Gasteiger partial charge in [-0.05, 0) is 25.0 Å². The summed E-state index contributed by atoms with van der Waals surface area (Å²) < 4.78 is 28.2. The van der Waals surface area contributed by atoms with Crippen LogP contribution in [0.5, 0.6) is 0 Å². The van der Waals surface area contributed by atoms with Crippen LogP contribution in [0.3, 0.4) is 0 Å². The average molecular weight is 393 g/mol. The zero-order valence-corrected chi connectivity index (χ0v) is 16.8. The Kier molecular flexibility index (Phi) is 7.62. The van der Waals surface area contributed by atoms with Gasteiger partial charge in [0.25, 0.3) is 0 Å². The first-order chi connectivity index (χ1) is 12.8. The minimum absolute atomic E-state index is 0.197. The first-order valence-corrected chi connectivity index (χ1v) is 10.7. The summed E-state index contributed by atoms with van der Waals surface area (Å²) in [6, 6.07) is 11.0. The molecule has 0 heterocycles. The van der Waals surface area contributed by atoms with Gasteiger partial charge >= 0.3 is 5.97 Å². The van der Waals surface area contributed by atoms with Gasteiger partial charge in [-0.15, -0.1) is 0 Å². The van der Waals surface area contributed by atoms with Crippen LogP contribution in [0.1, 0.15) is 38.5 Å². The van der Waals surface area contributed by atoms with E-state index >= 15 is 0 Å². The Balaban J connectivity index is 1.97. The summed E-state index contributed by atoms with van der Waals surface area (Å²) in [5.41, 5.74) is 0.978. The molecule has 0 aliphatic heterocycles. The Morgan fingerprint density at radius 2 is 1.59 bits per heavy atom. The predicted octanol–water partition coefficient (Wildman–Crippen LogP) is 3.61. The van der Waals surface area contributed by atoms with Crippen LogP contribution in [0.25, 0.3) is 10.8 Å². The number of fused-ring (bicyclic) bond motifs is 1. The molecule has 0 aliphatic rings. The van der Waals surface area contributed by atoms with Crippen molar-refractivity contribution in [2.75, 3.05) is 25.5 Å². The van der Waals surface area contributed by atoms with Gasteiger partial charge in [0.2, 0.25) is 10.0 Å². The zero-order chi connectivity index (χ0) is 19.9. The molecule has 0 aromatic heterocycles. The van der Waals surface area contributed by atoms with Crippen molar-refractivity contribution in [2.45, 2.75) is 43.4 Å². The lowest BCUT2D eigenvalue weighted by molar-refractivity contribution is -0.137. The van der Waals surface area contributed by atoms with Crippen molar-refractivity contribution in [2.24, 2.45) is 0 Å². The third kappa shape index (κ3) is 5.94. The van der Waals surface area contributed by atoms with Gasteiger partial charge in [0.1, 0.15) is 0 Å². The molecule has 0 bridgehead atoms. The molecule has 0 saturated heterocycles. The van der Waals surface area contributed by atoms with Crippen LogP contribution in [-0.2, 0) is 14.8 Å². The zero-order valence-electron chi connectivity index (χ0n) is 15.9. The topological polar surface area (TPSA) is 86.7 Å². The van der Waals surface area contributed by atoms with Crippen LogP contribution >= 0.6 is 0 Å². The highest BCUT2D eigenvalue weighted by atomic mass is 32.2. The van der Waals surface area contributed by atoms with E-state index in [1.165, 1.54) is 0 Å². The number of aliphatic carboxylic acids is 1. The first-order valence-electron chi connectivity index (χ1n) is 9.23. The molecule has 2 N–H and O–H groups in total. The van der Waals surface area contributed by atoms with E-state index in [9.17, 15) is 13.2 Å². The van der Waals surface area contributed by atoms with Crippen LogP contribution in [0.2, 0.25) is 0 Å². The van der Waals surface area contributed by atoms with E-state index in [-0.39, 0.29) is 6.42 Å². The van der Waals surface area contributed by atoms with Crippen LogP contribution in [0.4, 0.5) is 5.69 Å². The van der Waals surface area contributed by atoms with Crippen LogP contribution in [-0.4, -0.2) is 40.1 Å². The Morgan fingerprint density at radius 3 is 2.30 bits per heavy atom. The summed E-state index contributed by atoms with van der Waals surface area (Å²) in [7, 11) is 0.286. The third-order valence-electron chi connectivity index (χ3n) is 4.49. The SMILES string of the molecule is CN(C)c1cccc2c(S(=O)(=O)NCCCCCCCC(=O)O)cccc12. The molecule has 2 aromatic rings. The number of hydrogen-bond donors (Lipinski definition) is 2. The van der Waals surface area contributed by atoms with Gasteiger partial charge in [-0.25, -0.2) is 13.1 Å². The Labute approximate surface area is 161 Å². The molecule has 0 aliphatic carbocycles. The number of nitrogens with one attached hydrogen (secondary N) is 1. The molecule has 148 valence electrons. The van der Waals surface area contributed by atoms with Gasteiger partial charge < -0.3 is 10.0 Å². The molecule has 6 nitrogen and oxygen atoms in total. The van der Waals surface area contributed by atoms with Crippen molar-refractivity contribution in [3.05, 3.63) is 36.4 Å². The first kappa shape index (κ1) is 21.2. The molecule has 2 aromatic carbocycles. The van der Waals surface area contributed by atoms with Crippen molar-refractivity contribution >= 4 is 32.5 Å². The molecule has 2 rings (SSSR count). The Hall–Kier alpha value is -2.12. The number of unbranched alkanes of at least 4 members (excludes halogenated alkanes) is 4. The highest BCUT2D eigenvalue weighted by Gasteiger charge is 2.17. The standard InChI is InChI=1S/C20H28N2O4S/c1-22(2)18-12-8-11-17-16(18)10-9-13-19(17)27(25,26)21-15-7-5-3-4-6-14-20(23)24/h8-13,21H,3-7,14-15H2,1-2H3,(H,23,24). The van der Waals surface area contributed by atoms with E-state index in [1.807, 2.05) is 43.3 Å². The van der Waals surface area contributed by atoms with Crippen molar-refractivity contribution in [3.63, 3.8) is 0 Å². The lowest BCUT2D eigenvalue weighted by Gasteiger charge is -2.17. The number of carbonyl (C=O) groups is 1. The summed E-state index contributed by atoms with van der Waals surface area (Å²) in [5, 5.41) is 10.2. The largest absolute Gasteiger partial charge is 0.481 e. The molecule has 0 fully saturated rings. The van der Waals surface area contributed by atoms with Crippen molar-refractivity contribution in [1.82, 2.24) is 4.72 Å². The van der Waals surface area contributed by atoms with Crippen molar-refractivity contribution in [1.29, 1.82) is 0 Å². The van der Waals surface area contributed by atoms with Gasteiger partial charge in [0.15, 0.2) is 0 Å². The summed E-state index contributed by atoms with van der Waals surface area (Å²) in [4.78, 5) is 12.7. The van der Waals surface area contributed by atoms with E-state index in [0.29, 0.717) is 23.2 Å². The van der Waals surface area contributed by atoms with E-state index in [0.717, 1.165) is 36.8 Å². The number of anilines is 1. The summed E-state index contributed by atoms with van der Waals surface area (Å²) in [5.74, 6) is -0.768. The van der Waals surface area contributed by atoms with Gasteiger partial charge in [-0.1, -0.05) is 43.5 Å². The smallest absolute Gasteiger partial charge is 0.303 e. The minimum Gasteiger partial charge on any atom is -0.481 e. The van der Waals surface area contributed by atoms with Gasteiger partial charge in [-0.3, -0.25) is 4.79 Å². The fourth-order valence-corrected chi connectivity index (χ4v) is 4.40. The quantitative estimate of drug-likeness (QED) is 0.571. The Morgan fingerprint density at radius 1 is 0.963 bits per heavy atom. The molecular formula is C20H28N2O4S. The molecule has 0 amide bonds. The predicted molar refractivity (Wildman–Crippen MR) is 109 cm³/mol. The maximum absolute atomic E-state index is 12.7. The highest BCUT2D eigenvalue weighted by molar-refractivity contribution is 7.89. The molecule has 7 heteroatoms. The van der Waals surface area contributed by atoms with Crippen LogP contribution in [0.15, 0.2) is 41.3 Å². The lowest BCUT2D eigenvalue weighted by atomic mass is 10.1. The maximum atomic E-state index is 12.7. The van der Waals surface area contributed by atoms with Gasteiger partial charge in [0.05, 0.1) is 4.90 Å². The number of sulfonamides is 1. The number of carboxylic acids is 1. The van der Waals surface area contributed by atoms with Gasteiger partial charge in [0, 0.05) is 43.5 Å². The van der Waals surface area contributed by atoms with Crippen LogP contribution < -0.4 is 9.62 Å². The third-order valence-corrected chi connectivity index (χ3v) is 6.01. The van der Waals surface area contributed by atoms with E-state index in [1.54, 1.807) is 12.1 Å². The molecule has 0 unspecified atom stereocenters. The maximum Gasteiger partial charge on any atom is 0.303 e. The fraction of sp³-hybridized carbons (Fsp3) is 0.450. The molecule has 0 spiro atoms. The number of benzene rings is 2. The number of carboxylic acid groups (broad SMARTS) is 1. The second-order valence-corrected chi connectivity index (χ2v) is 8.57. The monoisotopic (exact) mass is 392 g/mol. The minimum atomic E-state index is -3.58. The average Bonchev–Trinajstić information content (AvgIpc) is 2.62. The second kappa shape index (κ2) is 9.71. The molecule has 0 saturated carbocycles. The van der Waals surface area contributed by atoms with Crippen molar-refractivity contribution < 1.29 is 18.3 Å². The number of rotatable bonds is 11. The van der Waals surface area contributed by atoms with E-state index in [2.05, 4.69) is 4.72 Å². The van der Waals surface area contributed by atoms with Crippen molar-refractivity contribution in [3.8, 4) is 0 Å². The second-order valence-electron chi connectivity index (χ2n) is 6.83. The number of nitrogens with zero attached hydrogens (tertiary/aromatic N) is 1. The fourth-order valence-electron chi connectivity index (χ4n) is 3.10. The molecule has 27 heavy (non-hydrogen) atoms. The molecule has 0 atom stereocenters. The van der Waals surface area contributed by atoms with Crippen LogP contribution in [0, 0.1) is 0 Å².